The maximum atomic E-state index is 12.1. The van der Waals surface area contributed by atoms with Crippen LogP contribution >= 0.6 is 0 Å². The molecule has 5 heteroatoms. The fourth-order valence-electron chi connectivity index (χ4n) is 2.43. The number of carbonyl (C=O) groups is 1. The van der Waals surface area contributed by atoms with E-state index in [-0.39, 0.29) is 17.9 Å². The molecule has 0 radical (unpaired) electrons. The van der Waals surface area contributed by atoms with E-state index in [0.29, 0.717) is 13.2 Å². The number of hydrogen-bond acceptors (Lipinski definition) is 4. The molecule has 2 unspecified atom stereocenters. The van der Waals surface area contributed by atoms with Gasteiger partial charge in [0.1, 0.15) is 12.4 Å². The van der Waals surface area contributed by atoms with Crippen molar-refractivity contribution in [2.45, 2.75) is 25.3 Å². The van der Waals surface area contributed by atoms with Crippen molar-refractivity contribution < 1.29 is 14.3 Å². The zero-order valence-corrected chi connectivity index (χ0v) is 11.8. The summed E-state index contributed by atoms with van der Waals surface area (Å²) in [6.07, 6.45) is 2.85. The number of benzene rings is 1. The van der Waals surface area contributed by atoms with E-state index in [1.54, 1.807) is 7.11 Å². The smallest absolute Gasteiger partial charge is 0.229 e. The molecule has 1 saturated carbocycles. The van der Waals surface area contributed by atoms with Gasteiger partial charge in [-0.15, -0.1) is 0 Å². The summed E-state index contributed by atoms with van der Waals surface area (Å²) in [5.74, 6) is 0.716. The first-order valence-corrected chi connectivity index (χ1v) is 6.99. The number of rotatable bonds is 6. The topological polar surface area (TPSA) is 73.6 Å². The summed E-state index contributed by atoms with van der Waals surface area (Å²) < 4.78 is 10.4. The molecule has 1 aromatic carbocycles. The molecule has 1 aliphatic carbocycles. The molecule has 1 aromatic rings. The summed E-state index contributed by atoms with van der Waals surface area (Å²) in [4.78, 5) is 12.1. The molecule has 3 N–H and O–H groups in total. The van der Waals surface area contributed by atoms with Crippen LogP contribution < -0.4 is 15.8 Å². The molecule has 110 valence electrons. The molecule has 0 aromatic heterocycles. The lowest BCUT2D eigenvalue weighted by Crippen LogP contribution is -2.34. The molecule has 5 nitrogen and oxygen atoms in total. The van der Waals surface area contributed by atoms with Gasteiger partial charge in [0, 0.05) is 18.8 Å². The third-order valence-electron chi connectivity index (χ3n) is 3.58. The predicted octanol–water partition coefficient (Wildman–Crippen LogP) is 1.78. The lowest BCUT2D eigenvalue weighted by Gasteiger charge is -2.15. The number of methoxy groups -OCH3 is 1. The van der Waals surface area contributed by atoms with Crippen molar-refractivity contribution in [3.05, 3.63) is 24.3 Å². The number of nitrogens with one attached hydrogen (secondary N) is 1. The fourth-order valence-corrected chi connectivity index (χ4v) is 2.43. The van der Waals surface area contributed by atoms with E-state index < -0.39 is 0 Å². The van der Waals surface area contributed by atoms with E-state index in [0.717, 1.165) is 30.7 Å². The van der Waals surface area contributed by atoms with Crippen molar-refractivity contribution in [1.29, 1.82) is 0 Å². The van der Waals surface area contributed by atoms with Gasteiger partial charge in [-0.2, -0.15) is 0 Å². The molecule has 0 spiro atoms. The van der Waals surface area contributed by atoms with Gasteiger partial charge in [-0.1, -0.05) is 6.42 Å². The number of amides is 1. The van der Waals surface area contributed by atoms with E-state index in [9.17, 15) is 4.79 Å². The van der Waals surface area contributed by atoms with Crippen LogP contribution in [0.15, 0.2) is 24.3 Å². The maximum absolute atomic E-state index is 12.1. The Labute approximate surface area is 119 Å². The monoisotopic (exact) mass is 278 g/mol. The van der Waals surface area contributed by atoms with Crippen LogP contribution in [-0.4, -0.2) is 32.3 Å². The van der Waals surface area contributed by atoms with Crippen LogP contribution in [-0.2, 0) is 9.53 Å². The highest BCUT2D eigenvalue weighted by molar-refractivity contribution is 5.93. The standard InChI is InChI=1S/C15H22N2O3/c1-19-9-10-20-12-7-5-11(6-8-12)17-15(18)13-3-2-4-14(13)16/h5-8,13-14H,2-4,9-10,16H2,1H3,(H,17,18). The molecule has 0 aliphatic heterocycles. The molecule has 1 aliphatic rings. The summed E-state index contributed by atoms with van der Waals surface area (Å²) in [7, 11) is 1.63. The van der Waals surface area contributed by atoms with Gasteiger partial charge in [-0.05, 0) is 37.1 Å². The van der Waals surface area contributed by atoms with Crippen LogP contribution in [0, 0.1) is 5.92 Å². The summed E-state index contributed by atoms with van der Waals surface area (Å²) >= 11 is 0. The number of hydrogen-bond donors (Lipinski definition) is 2. The molecular formula is C15H22N2O3. The number of ether oxygens (including phenoxy) is 2. The van der Waals surface area contributed by atoms with Gasteiger partial charge in [-0.25, -0.2) is 0 Å². The first-order valence-electron chi connectivity index (χ1n) is 6.99. The highest BCUT2D eigenvalue weighted by Crippen LogP contribution is 2.25. The largest absolute Gasteiger partial charge is 0.491 e. The lowest BCUT2D eigenvalue weighted by molar-refractivity contribution is -0.120. The van der Waals surface area contributed by atoms with Gasteiger partial charge in [0.2, 0.25) is 5.91 Å². The van der Waals surface area contributed by atoms with Crippen molar-refractivity contribution in [1.82, 2.24) is 0 Å². The van der Waals surface area contributed by atoms with Crippen LogP contribution in [0.3, 0.4) is 0 Å². The van der Waals surface area contributed by atoms with Gasteiger partial charge in [0.05, 0.1) is 12.5 Å². The van der Waals surface area contributed by atoms with E-state index in [4.69, 9.17) is 15.2 Å². The molecule has 2 rings (SSSR count). The third-order valence-corrected chi connectivity index (χ3v) is 3.58. The Morgan fingerprint density at radius 1 is 1.30 bits per heavy atom. The first-order chi connectivity index (χ1) is 9.70. The van der Waals surface area contributed by atoms with Crippen molar-refractivity contribution in [2.24, 2.45) is 11.7 Å². The highest BCUT2D eigenvalue weighted by Gasteiger charge is 2.30. The molecule has 0 heterocycles. The van der Waals surface area contributed by atoms with E-state index in [1.165, 1.54) is 0 Å². The lowest BCUT2D eigenvalue weighted by atomic mass is 10.0. The van der Waals surface area contributed by atoms with Crippen LogP contribution in [0.5, 0.6) is 5.75 Å². The predicted molar refractivity (Wildman–Crippen MR) is 77.8 cm³/mol. The van der Waals surface area contributed by atoms with E-state index in [2.05, 4.69) is 5.32 Å². The van der Waals surface area contributed by atoms with Crippen molar-refractivity contribution in [3.8, 4) is 5.75 Å². The van der Waals surface area contributed by atoms with Crippen LogP contribution in [0.2, 0.25) is 0 Å². The number of carbonyl (C=O) groups excluding carboxylic acids is 1. The summed E-state index contributed by atoms with van der Waals surface area (Å²) in [6.45, 7) is 1.07. The van der Waals surface area contributed by atoms with Gasteiger partial charge >= 0.3 is 0 Å². The average molecular weight is 278 g/mol. The van der Waals surface area contributed by atoms with Crippen molar-refractivity contribution >= 4 is 11.6 Å². The number of nitrogens with two attached hydrogens (primary N) is 1. The average Bonchev–Trinajstić information content (AvgIpc) is 2.87. The van der Waals surface area contributed by atoms with Crippen molar-refractivity contribution in [2.75, 3.05) is 25.6 Å². The molecule has 0 saturated heterocycles. The third kappa shape index (κ3) is 3.95. The summed E-state index contributed by atoms with van der Waals surface area (Å²) in [6, 6.07) is 7.33. The van der Waals surface area contributed by atoms with E-state index >= 15 is 0 Å². The Bertz CT molecular complexity index is 433. The minimum atomic E-state index is -0.0624. The molecule has 20 heavy (non-hydrogen) atoms. The molecule has 1 amide bonds. The normalized spacial score (nSPS) is 21.7. The van der Waals surface area contributed by atoms with Crippen LogP contribution in [0.1, 0.15) is 19.3 Å². The minimum absolute atomic E-state index is 0.00773. The zero-order valence-electron chi connectivity index (χ0n) is 11.8. The Hall–Kier alpha value is -1.59. The second-order valence-corrected chi connectivity index (χ2v) is 5.06. The Kier molecular flexibility index (Phi) is 5.38. The summed E-state index contributed by atoms with van der Waals surface area (Å²) in [5.41, 5.74) is 6.70. The number of anilines is 1. The Balaban J connectivity index is 1.85. The molecule has 2 atom stereocenters. The SMILES string of the molecule is COCCOc1ccc(NC(=O)C2CCCC2N)cc1. The van der Waals surface area contributed by atoms with Gasteiger partial charge in [0.15, 0.2) is 0 Å². The molecule has 0 bridgehead atoms. The quantitative estimate of drug-likeness (QED) is 0.778. The zero-order chi connectivity index (χ0) is 14.4. The maximum Gasteiger partial charge on any atom is 0.229 e. The van der Waals surface area contributed by atoms with Crippen LogP contribution in [0.25, 0.3) is 0 Å². The minimum Gasteiger partial charge on any atom is -0.491 e. The van der Waals surface area contributed by atoms with Crippen LogP contribution in [0.4, 0.5) is 5.69 Å². The molecule has 1 fully saturated rings. The van der Waals surface area contributed by atoms with Gasteiger partial charge < -0.3 is 20.5 Å². The van der Waals surface area contributed by atoms with E-state index in [1.807, 2.05) is 24.3 Å². The molecular weight excluding hydrogens is 256 g/mol. The Morgan fingerprint density at radius 3 is 2.65 bits per heavy atom. The van der Waals surface area contributed by atoms with Gasteiger partial charge in [-0.3, -0.25) is 4.79 Å². The van der Waals surface area contributed by atoms with Gasteiger partial charge in [0.25, 0.3) is 0 Å². The first kappa shape index (κ1) is 14.8. The Morgan fingerprint density at radius 2 is 2.05 bits per heavy atom. The fraction of sp³-hybridized carbons (Fsp3) is 0.533. The highest BCUT2D eigenvalue weighted by atomic mass is 16.5. The summed E-state index contributed by atoms with van der Waals surface area (Å²) in [5, 5.41) is 2.91. The van der Waals surface area contributed by atoms with Crippen molar-refractivity contribution in [3.63, 3.8) is 0 Å². The second kappa shape index (κ2) is 7.26. The second-order valence-electron chi connectivity index (χ2n) is 5.06.